The topological polar surface area (TPSA) is 88.4 Å². The third-order valence-corrected chi connectivity index (χ3v) is 6.70. The molecule has 8 nitrogen and oxygen atoms in total. The van der Waals surface area contributed by atoms with E-state index in [1.54, 1.807) is 46.3 Å². The van der Waals surface area contributed by atoms with Crippen LogP contribution in [0.4, 0.5) is 0 Å². The molecule has 0 radical (unpaired) electrons. The largest absolute Gasteiger partial charge is 0.497 e. The molecule has 0 amide bonds. The fourth-order valence-electron chi connectivity index (χ4n) is 4.18. The van der Waals surface area contributed by atoms with E-state index in [1.807, 2.05) is 37.3 Å². The molecule has 0 bridgehead atoms. The Balaban J connectivity index is 2.01. The molecule has 2 heterocycles. The van der Waals surface area contributed by atoms with E-state index in [1.165, 1.54) is 15.9 Å². The first-order valence-electron chi connectivity index (χ1n) is 11.6. The molecular weight excluding hydrogens is 480 g/mol. The third kappa shape index (κ3) is 4.66. The van der Waals surface area contributed by atoms with Crippen molar-refractivity contribution < 1.29 is 23.7 Å². The summed E-state index contributed by atoms with van der Waals surface area (Å²) in [6.07, 6.45) is 1.79. The second-order valence-corrected chi connectivity index (χ2v) is 8.90. The van der Waals surface area contributed by atoms with Gasteiger partial charge in [-0.25, -0.2) is 9.79 Å². The van der Waals surface area contributed by atoms with Crippen LogP contribution in [0, 0.1) is 0 Å². The molecule has 36 heavy (non-hydrogen) atoms. The van der Waals surface area contributed by atoms with Crippen LogP contribution in [0.3, 0.4) is 0 Å². The molecule has 0 N–H and O–H groups in total. The van der Waals surface area contributed by atoms with Gasteiger partial charge in [0.2, 0.25) is 0 Å². The van der Waals surface area contributed by atoms with Gasteiger partial charge in [-0.05, 0) is 50.6 Å². The molecule has 4 rings (SSSR count). The van der Waals surface area contributed by atoms with E-state index >= 15 is 0 Å². The summed E-state index contributed by atoms with van der Waals surface area (Å²) < 4.78 is 24.2. The number of carbonyl (C=O) groups is 1. The first kappa shape index (κ1) is 25.2. The van der Waals surface area contributed by atoms with Crippen molar-refractivity contribution in [3.05, 3.63) is 84.5 Å². The van der Waals surface area contributed by atoms with Crippen molar-refractivity contribution in [2.75, 3.05) is 27.4 Å². The number of hydrogen-bond acceptors (Lipinski definition) is 8. The molecular formula is C27H28N2O6S. The molecule has 1 aromatic heterocycles. The number of benzene rings is 2. The smallest absolute Gasteiger partial charge is 0.338 e. The summed E-state index contributed by atoms with van der Waals surface area (Å²) in [4.78, 5) is 32.1. The summed E-state index contributed by atoms with van der Waals surface area (Å²) >= 11 is 1.26. The summed E-state index contributed by atoms with van der Waals surface area (Å²) in [6, 6.07) is 12.1. The average molecular weight is 509 g/mol. The van der Waals surface area contributed by atoms with Crippen LogP contribution in [0.25, 0.3) is 6.08 Å². The molecule has 1 aliphatic rings. The summed E-state index contributed by atoms with van der Waals surface area (Å²) in [5.41, 5.74) is 1.92. The minimum Gasteiger partial charge on any atom is -0.497 e. The molecule has 2 aromatic carbocycles. The Hall–Kier alpha value is -3.85. The Morgan fingerprint density at radius 1 is 1.11 bits per heavy atom. The minimum atomic E-state index is -0.801. The number of fused-ring (bicyclic) bond motifs is 1. The Labute approximate surface area is 212 Å². The zero-order chi connectivity index (χ0) is 25.8. The van der Waals surface area contributed by atoms with Crippen LogP contribution >= 0.6 is 11.3 Å². The lowest BCUT2D eigenvalue weighted by molar-refractivity contribution is -0.139. The number of hydrogen-bond donors (Lipinski definition) is 0. The molecule has 0 aliphatic carbocycles. The van der Waals surface area contributed by atoms with Crippen LogP contribution < -0.4 is 29.1 Å². The molecule has 9 heteroatoms. The van der Waals surface area contributed by atoms with E-state index in [2.05, 4.69) is 4.99 Å². The van der Waals surface area contributed by atoms with E-state index in [4.69, 9.17) is 18.9 Å². The van der Waals surface area contributed by atoms with E-state index in [9.17, 15) is 9.59 Å². The van der Waals surface area contributed by atoms with Crippen LogP contribution in [0.5, 0.6) is 17.2 Å². The van der Waals surface area contributed by atoms with Crippen molar-refractivity contribution >= 4 is 23.4 Å². The number of aromatic nitrogens is 1. The number of allylic oxidation sites excluding steroid dienone is 1. The van der Waals surface area contributed by atoms with Crippen LogP contribution in [0.15, 0.2) is 63.5 Å². The Kier molecular flexibility index (Phi) is 7.59. The number of ether oxygens (including phenoxy) is 4. The molecule has 3 aromatic rings. The Bertz CT molecular complexity index is 1500. The van der Waals surface area contributed by atoms with E-state index in [0.29, 0.717) is 44.4 Å². The number of esters is 1. The number of rotatable bonds is 8. The second-order valence-electron chi connectivity index (χ2n) is 7.89. The Morgan fingerprint density at radius 3 is 2.58 bits per heavy atom. The predicted octanol–water partition coefficient (Wildman–Crippen LogP) is 3.21. The highest BCUT2D eigenvalue weighted by Crippen LogP contribution is 2.40. The van der Waals surface area contributed by atoms with Gasteiger partial charge in [-0.15, -0.1) is 0 Å². The maximum absolute atomic E-state index is 13.8. The van der Waals surface area contributed by atoms with E-state index < -0.39 is 12.0 Å². The van der Waals surface area contributed by atoms with Gasteiger partial charge in [0.1, 0.15) is 11.8 Å². The molecule has 0 fully saturated rings. The molecule has 1 atom stereocenters. The highest BCUT2D eigenvalue weighted by molar-refractivity contribution is 7.07. The SMILES string of the molecule is CCOC(=O)C1=C(C)N=c2s/c(=C/c3cccc(OC)c3)c(=O)n2[C@@H]1c1cccc(OC)c1OCC. The van der Waals surface area contributed by atoms with Crippen molar-refractivity contribution in [3.8, 4) is 17.2 Å². The molecule has 0 spiro atoms. The monoisotopic (exact) mass is 508 g/mol. The normalized spacial score (nSPS) is 15.2. The van der Waals surface area contributed by atoms with Gasteiger partial charge >= 0.3 is 5.97 Å². The van der Waals surface area contributed by atoms with Gasteiger partial charge in [0.25, 0.3) is 5.56 Å². The first-order valence-corrected chi connectivity index (χ1v) is 12.4. The number of nitrogens with zero attached hydrogens (tertiary/aromatic N) is 2. The maximum Gasteiger partial charge on any atom is 0.338 e. The molecule has 0 saturated heterocycles. The molecule has 1 aliphatic heterocycles. The molecule has 0 unspecified atom stereocenters. The van der Waals surface area contributed by atoms with Gasteiger partial charge in [-0.2, -0.15) is 0 Å². The van der Waals surface area contributed by atoms with Crippen molar-refractivity contribution in [2.45, 2.75) is 26.8 Å². The fraction of sp³-hybridized carbons (Fsp3) is 0.296. The first-order chi connectivity index (χ1) is 17.4. The summed E-state index contributed by atoms with van der Waals surface area (Å²) in [7, 11) is 3.14. The second kappa shape index (κ2) is 10.8. The third-order valence-electron chi connectivity index (χ3n) is 5.72. The fourth-order valence-corrected chi connectivity index (χ4v) is 5.22. The maximum atomic E-state index is 13.8. The van der Waals surface area contributed by atoms with Gasteiger partial charge in [-0.3, -0.25) is 9.36 Å². The molecule has 188 valence electrons. The van der Waals surface area contributed by atoms with E-state index in [-0.39, 0.29) is 17.7 Å². The highest BCUT2D eigenvalue weighted by atomic mass is 32.1. The lowest BCUT2D eigenvalue weighted by Gasteiger charge is -2.26. The lowest BCUT2D eigenvalue weighted by atomic mass is 9.94. The standard InChI is InChI=1S/C27H28N2O6S/c1-6-34-24-19(12-9-13-20(24)33-5)23-22(26(31)35-7-2)16(3)28-27-29(23)25(30)21(36-27)15-17-10-8-11-18(14-17)32-4/h8-15,23H,6-7H2,1-5H3/b21-15+/t23-/m1/s1. The van der Waals surface area contributed by atoms with Crippen LogP contribution in [0.2, 0.25) is 0 Å². The van der Waals surface area contributed by atoms with Gasteiger partial charge in [0, 0.05) is 5.56 Å². The Morgan fingerprint density at radius 2 is 1.89 bits per heavy atom. The van der Waals surface area contributed by atoms with Crippen LogP contribution in [0.1, 0.15) is 37.9 Å². The summed E-state index contributed by atoms with van der Waals surface area (Å²) in [5.74, 6) is 1.13. The number of carbonyl (C=O) groups excluding carboxylic acids is 1. The van der Waals surface area contributed by atoms with Crippen molar-refractivity contribution in [3.63, 3.8) is 0 Å². The van der Waals surface area contributed by atoms with Crippen molar-refractivity contribution in [1.29, 1.82) is 0 Å². The van der Waals surface area contributed by atoms with Crippen molar-refractivity contribution in [1.82, 2.24) is 4.57 Å². The van der Waals surface area contributed by atoms with Gasteiger partial charge in [0.15, 0.2) is 16.3 Å². The molecule has 0 saturated carbocycles. The number of methoxy groups -OCH3 is 2. The number of para-hydroxylation sites is 1. The van der Waals surface area contributed by atoms with Gasteiger partial charge in [-0.1, -0.05) is 35.6 Å². The minimum absolute atomic E-state index is 0.193. The van der Waals surface area contributed by atoms with Crippen LogP contribution in [-0.4, -0.2) is 38.0 Å². The summed E-state index contributed by atoms with van der Waals surface area (Å²) in [6.45, 7) is 5.92. The zero-order valence-corrected chi connectivity index (χ0v) is 21.7. The lowest BCUT2D eigenvalue weighted by Crippen LogP contribution is -2.40. The predicted molar refractivity (Wildman–Crippen MR) is 138 cm³/mol. The highest BCUT2D eigenvalue weighted by Gasteiger charge is 2.35. The summed E-state index contributed by atoms with van der Waals surface area (Å²) in [5, 5.41) is 0. The van der Waals surface area contributed by atoms with Gasteiger partial charge < -0.3 is 18.9 Å². The van der Waals surface area contributed by atoms with Crippen molar-refractivity contribution in [2.24, 2.45) is 4.99 Å². The van der Waals surface area contributed by atoms with Crippen LogP contribution in [-0.2, 0) is 9.53 Å². The quantitative estimate of drug-likeness (QED) is 0.434. The average Bonchev–Trinajstić information content (AvgIpc) is 3.17. The van der Waals surface area contributed by atoms with Gasteiger partial charge in [0.05, 0.1) is 43.2 Å². The number of thiazole rings is 1. The van der Waals surface area contributed by atoms with E-state index in [0.717, 1.165) is 5.56 Å². The zero-order valence-electron chi connectivity index (χ0n) is 20.9.